The second-order valence-corrected chi connectivity index (χ2v) is 6.54. The average Bonchev–Trinajstić information content (AvgIpc) is 3.21. The summed E-state index contributed by atoms with van der Waals surface area (Å²) in [6, 6.07) is 19.5. The smallest absolute Gasteiger partial charge is 0.0902 e. The first-order valence-electron chi connectivity index (χ1n) is 8.74. The van der Waals surface area contributed by atoms with Crippen molar-refractivity contribution in [3.8, 4) is 0 Å². The van der Waals surface area contributed by atoms with Crippen molar-refractivity contribution in [1.29, 1.82) is 0 Å². The van der Waals surface area contributed by atoms with E-state index < -0.39 is 0 Å². The van der Waals surface area contributed by atoms with Crippen LogP contribution in [0.5, 0.6) is 0 Å². The minimum absolute atomic E-state index is 1.26. The van der Waals surface area contributed by atoms with E-state index in [4.69, 9.17) is 0 Å². The lowest BCUT2D eigenvalue weighted by molar-refractivity contribution is 0.567. The Kier molecular flexibility index (Phi) is 4.08. The first-order valence-corrected chi connectivity index (χ1v) is 8.74. The minimum atomic E-state index is 1.26. The Morgan fingerprint density at radius 3 is 2.38 bits per heavy atom. The largest absolute Gasteiger partial charge is 0.473 e. The first-order chi connectivity index (χ1) is 11.8. The van der Waals surface area contributed by atoms with E-state index in [1.54, 1.807) is 23.7 Å². The highest BCUT2D eigenvalue weighted by atomic mass is 16.3. The molecule has 0 bridgehead atoms. The van der Waals surface area contributed by atoms with E-state index in [1.165, 1.54) is 52.8 Å². The number of aryl methyl sites for hydroxylation is 3. The molecule has 0 aliphatic heterocycles. The molecule has 4 aromatic rings. The van der Waals surface area contributed by atoms with Gasteiger partial charge in [0.25, 0.3) is 0 Å². The molecule has 3 aromatic carbocycles. The van der Waals surface area contributed by atoms with Gasteiger partial charge in [-0.25, -0.2) is 0 Å². The predicted octanol–water partition coefficient (Wildman–Crippen LogP) is 6.46. The third kappa shape index (κ3) is 2.71. The number of rotatable bonds is 0. The van der Waals surface area contributed by atoms with Crippen LogP contribution in [-0.2, 0) is 12.8 Å². The SMILES string of the molecule is Cc1cc2ccccc2c2ccc3c(c12)CCCC3.c1ccoc1. The maximum atomic E-state index is 4.58. The summed E-state index contributed by atoms with van der Waals surface area (Å²) in [5.74, 6) is 0. The van der Waals surface area contributed by atoms with E-state index in [2.05, 4.69) is 53.8 Å². The zero-order valence-electron chi connectivity index (χ0n) is 14.1. The fraction of sp³-hybridized carbons (Fsp3) is 0.217. The van der Waals surface area contributed by atoms with Gasteiger partial charge in [0, 0.05) is 0 Å². The van der Waals surface area contributed by atoms with Crippen LogP contribution in [0.4, 0.5) is 0 Å². The molecule has 0 saturated carbocycles. The highest BCUT2D eigenvalue weighted by molar-refractivity contribution is 6.10. The Bertz CT molecular complexity index is 947. The number of fused-ring (bicyclic) bond motifs is 5. The zero-order valence-corrected chi connectivity index (χ0v) is 14.1. The molecule has 1 aliphatic rings. The highest BCUT2D eigenvalue weighted by Crippen LogP contribution is 2.35. The van der Waals surface area contributed by atoms with Gasteiger partial charge in [0.2, 0.25) is 0 Å². The summed E-state index contributed by atoms with van der Waals surface area (Å²) in [6.45, 7) is 2.27. The van der Waals surface area contributed by atoms with Gasteiger partial charge in [0.05, 0.1) is 12.5 Å². The Morgan fingerprint density at radius 2 is 1.58 bits per heavy atom. The van der Waals surface area contributed by atoms with Gasteiger partial charge in [-0.1, -0.05) is 42.5 Å². The molecule has 1 aliphatic carbocycles. The number of furan rings is 1. The summed E-state index contributed by atoms with van der Waals surface area (Å²) in [6.07, 6.45) is 8.47. The summed E-state index contributed by atoms with van der Waals surface area (Å²) in [7, 11) is 0. The van der Waals surface area contributed by atoms with Crippen molar-refractivity contribution in [1.82, 2.24) is 0 Å². The van der Waals surface area contributed by atoms with Gasteiger partial charge < -0.3 is 4.42 Å². The third-order valence-corrected chi connectivity index (χ3v) is 4.98. The van der Waals surface area contributed by atoms with Gasteiger partial charge in [-0.3, -0.25) is 0 Å². The average molecular weight is 314 g/mol. The van der Waals surface area contributed by atoms with E-state index in [1.807, 2.05) is 12.1 Å². The molecule has 0 saturated heterocycles. The lowest BCUT2D eigenvalue weighted by Crippen LogP contribution is -2.04. The maximum Gasteiger partial charge on any atom is 0.0902 e. The van der Waals surface area contributed by atoms with E-state index in [9.17, 15) is 0 Å². The van der Waals surface area contributed by atoms with Crippen LogP contribution in [0.1, 0.15) is 29.5 Å². The lowest BCUT2D eigenvalue weighted by atomic mass is 9.85. The molecule has 0 atom stereocenters. The molecule has 24 heavy (non-hydrogen) atoms. The van der Waals surface area contributed by atoms with Crippen molar-refractivity contribution < 1.29 is 4.42 Å². The predicted molar refractivity (Wildman–Crippen MR) is 102 cm³/mol. The van der Waals surface area contributed by atoms with Crippen LogP contribution in [0.25, 0.3) is 21.5 Å². The van der Waals surface area contributed by atoms with Crippen LogP contribution in [0, 0.1) is 6.92 Å². The number of benzene rings is 3. The van der Waals surface area contributed by atoms with Crippen LogP contribution < -0.4 is 0 Å². The molecular weight excluding hydrogens is 292 g/mol. The quantitative estimate of drug-likeness (QED) is 0.339. The maximum absolute atomic E-state index is 4.58. The van der Waals surface area contributed by atoms with Crippen molar-refractivity contribution in [3.05, 3.63) is 83.8 Å². The van der Waals surface area contributed by atoms with Crippen molar-refractivity contribution in [2.24, 2.45) is 0 Å². The van der Waals surface area contributed by atoms with Crippen molar-refractivity contribution >= 4 is 21.5 Å². The normalized spacial score (nSPS) is 13.4. The molecule has 0 unspecified atom stereocenters. The Labute approximate surface area is 142 Å². The second-order valence-electron chi connectivity index (χ2n) is 6.54. The Morgan fingerprint density at radius 1 is 0.792 bits per heavy atom. The van der Waals surface area contributed by atoms with Crippen LogP contribution in [0.2, 0.25) is 0 Å². The molecule has 1 heterocycles. The summed E-state index contributed by atoms with van der Waals surface area (Å²) in [4.78, 5) is 0. The summed E-state index contributed by atoms with van der Waals surface area (Å²) < 4.78 is 4.58. The fourth-order valence-corrected chi connectivity index (χ4v) is 3.90. The summed E-state index contributed by atoms with van der Waals surface area (Å²) >= 11 is 0. The summed E-state index contributed by atoms with van der Waals surface area (Å²) in [5, 5.41) is 5.73. The molecular formula is C23H22O. The monoisotopic (exact) mass is 314 g/mol. The van der Waals surface area contributed by atoms with E-state index in [0.717, 1.165) is 0 Å². The molecule has 0 radical (unpaired) electrons. The van der Waals surface area contributed by atoms with Gasteiger partial charge in [0.15, 0.2) is 0 Å². The second kappa shape index (κ2) is 6.52. The molecule has 1 aromatic heterocycles. The van der Waals surface area contributed by atoms with Crippen LogP contribution >= 0.6 is 0 Å². The molecule has 0 spiro atoms. The Balaban J connectivity index is 0.000000252. The third-order valence-electron chi connectivity index (χ3n) is 4.98. The molecule has 0 fully saturated rings. The Hall–Kier alpha value is -2.54. The highest BCUT2D eigenvalue weighted by Gasteiger charge is 2.15. The number of hydrogen-bond donors (Lipinski definition) is 0. The first kappa shape index (κ1) is 15.0. The van der Waals surface area contributed by atoms with Crippen LogP contribution in [0.3, 0.4) is 0 Å². The van der Waals surface area contributed by atoms with E-state index >= 15 is 0 Å². The molecule has 0 amide bonds. The van der Waals surface area contributed by atoms with E-state index in [-0.39, 0.29) is 0 Å². The molecule has 5 rings (SSSR count). The minimum Gasteiger partial charge on any atom is -0.473 e. The molecule has 120 valence electrons. The molecule has 1 nitrogen and oxygen atoms in total. The van der Waals surface area contributed by atoms with Crippen molar-refractivity contribution in [3.63, 3.8) is 0 Å². The van der Waals surface area contributed by atoms with Crippen molar-refractivity contribution in [2.45, 2.75) is 32.6 Å². The van der Waals surface area contributed by atoms with Gasteiger partial charge in [-0.05, 0) is 83.0 Å². The molecule has 1 heteroatoms. The molecule has 0 N–H and O–H groups in total. The van der Waals surface area contributed by atoms with Crippen molar-refractivity contribution in [2.75, 3.05) is 0 Å². The lowest BCUT2D eigenvalue weighted by Gasteiger charge is -2.20. The van der Waals surface area contributed by atoms with Crippen LogP contribution in [-0.4, -0.2) is 0 Å². The summed E-state index contributed by atoms with van der Waals surface area (Å²) in [5.41, 5.74) is 4.64. The van der Waals surface area contributed by atoms with Gasteiger partial charge in [0.1, 0.15) is 0 Å². The van der Waals surface area contributed by atoms with Gasteiger partial charge in [-0.2, -0.15) is 0 Å². The zero-order chi connectivity index (χ0) is 16.4. The fourth-order valence-electron chi connectivity index (χ4n) is 3.90. The van der Waals surface area contributed by atoms with E-state index in [0.29, 0.717) is 0 Å². The number of hydrogen-bond acceptors (Lipinski definition) is 1. The van der Waals surface area contributed by atoms with Gasteiger partial charge in [-0.15, -0.1) is 0 Å². The standard InChI is InChI=1S/C19H18.C4H4O/c1-13-12-15-7-3-4-8-16(15)18-11-10-14-6-2-5-9-17(14)19(13)18;1-2-4-5-3-1/h3-4,7-8,10-12H,2,5-6,9H2,1H3;1-4H. The topological polar surface area (TPSA) is 13.1 Å². The van der Waals surface area contributed by atoms with Gasteiger partial charge >= 0.3 is 0 Å². The van der Waals surface area contributed by atoms with Crippen LogP contribution in [0.15, 0.2) is 71.5 Å².